The number of benzene rings is 2. The number of aromatic nitrogens is 2. The average molecular weight is 492 g/mol. The quantitative estimate of drug-likeness (QED) is 0.219. The number of thiophene rings is 1. The summed E-state index contributed by atoms with van der Waals surface area (Å²) in [6.45, 7) is 6.03. The summed E-state index contributed by atoms with van der Waals surface area (Å²) in [6.07, 6.45) is 1.65. The molecule has 0 bridgehead atoms. The molecular formula is C25H21N3O4S2. The maximum atomic E-state index is 13.3. The van der Waals surface area contributed by atoms with E-state index >= 15 is 0 Å². The Morgan fingerprint density at radius 2 is 2.03 bits per heavy atom. The van der Waals surface area contributed by atoms with Crippen LogP contribution in [0.3, 0.4) is 0 Å². The maximum absolute atomic E-state index is 13.3. The number of rotatable bonds is 7. The monoisotopic (exact) mass is 491 g/mol. The molecule has 1 N–H and O–H groups in total. The Balaban J connectivity index is 1.42. The van der Waals surface area contributed by atoms with Gasteiger partial charge >= 0.3 is 0 Å². The largest absolute Gasteiger partial charge is 0.454 e. The molecule has 2 aromatic heterocycles. The van der Waals surface area contributed by atoms with Gasteiger partial charge < -0.3 is 14.8 Å². The van der Waals surface area contributed by atoms with Crippen molar-refractivity contribution in [3.8, 4) is 21.9 Å². The number of anilines is 1. The van der Waals surface area contributed by atoms with Crippen LogP contribution in [0, 0.1) is 0 Å². The molecule has 3 heterocycles. The molecule has 0 saturated carbocycles. The fourth-order valence-electron chi connectivity index (χ4n) is 3.55. The Hall–Kier alpha value is -3.56. The number of amides is 1. The molecule has 1 aliphatic rings. The summed E-state index contributed by atoms with van der Waals surface area (Å²) in [6, 6.07) is 17.0. The highest BCUT2D eigenvalue weighted by molar-refractivity contribution is 8.00. The normalized spacial score (nSPS) is 13.1. The SMILES string of the molecule is C=CCn1c(SC(C)C(=O)Nc2ccc3c(c2)OCO3)nc2sc(-c3ccccc3)cc2c1=O. The summed E-state index contributed by atoms with van der Waals surface area (Å²) in [5.41, 5.74) is 1.50. The second-order valence-corrected chi connectivity index (χ2v) is 9.95. The number of hydrogen-bond acceptors (Lipinski definition) is 7. The van der Waals surface area contributed by atoms with Gasteiger partial charge in [0.05, 0.1) is 10.6 Å². The smallest absolute Gasteiger partial charge is 0.263 e. The fraction of sp³-hybridized carbons (Fsp3) is 0.160. The molecule has 0 spiro atoms. The molecule has 2 aromatic carbocycles. The first-order valence-electron chi connectivity index (χ1n) is 10.6. The zero-order valence-corrected chi connectivity index (χ0v) is 19.9. The minimum absolute atomic E-state index is 0.144. The third-order valence-electron chi connectivity index (χ3n) is 5.28. The van der Waals surface area contributed by atoms with Crippen molar-refractivity contribution in [3.05, 3.63) is 77.6 Å². The number of nitrogens with zero attached hydrogens (tertiary/aromatic N) is 2. The van der Waals surface area contributed by atoms with Gasteiger partial charge in [0, 0.05) is 23.2 Å². The molecule has 1 unspecified atom stereocenters. The minimum Gasteiger partial charge on any atom is -0.454 e. The lowest BCUT2D eigenvalue weighted by molar-refractivity contribution is -0.115. The second-order valence-electron chi connectivity index (χ2n) is 7.61. The van der Waals surface area contributed by atoms with Gasteiger partial charge in [-0.1, -0.05) is 48.2 Å². The molecule has 1 amide bonds. The van der Waals surface area contributed by atoms with Crippen LogP contribution < -0.4 is 20.3 Å². The number of hydrogen-bond donors (Lipinski definition) is 1. The molecule has 5 rings (SSSR count). The maximum Gasteiger partial charge on any atom is 0.263 e. The van der Waals surface area contributed by atoms with Gasteiger partial charge in [0.1, 0.15) is 4.83 Å². The molecule has 0 saturated heterocycles. The molecule has 0 radical (unpaired) electrons. The van der Waals surface area contributed by atoms with Crippen LogP contribution >= 0.6 is 23.1 Å². The third kappa shape index (κ3) is 4.32. The topological polar surface area (TPSA) is 82.5 Å². The highest BCUT2D eigenvalue weighted by Gasteiger charge is 2.21. The van der Waals surface area contributed by atoms with E-state index in [-0.39, 0.29) is 18.3 Å². The van der Waals surface area contributed by atoms with Gasteiger partial charge in [0.25, 0.3) is 5.56 Å². The third-order valence-corrected chi connectivity index (χ3v) is 7.45. The second kappa shape index (κ2) is 9.36. The first-order valence-corrected chi connectivity index (χ1v) is 12.3. The van der Waals surface area contributed by atoms with Gasteiger partial charge in [-0.25, -0.2) is 4.98 Å². The van der Waals surface area contributed by atoms with E-state index in [1.807, 2.05) is 36.4 Å². The molecule has 0 fully saturated rings. The zero-order chi connectivity index (χ0) is 23.7. The predicted molar refractivity (Wildman–Crippen MR) is 136 cm³/mol. The lowest BCUT2D eigenvalue weighted by Gasteiger charge is -2.15. The highest BCUT2D eigenvalue weighted by atomic mass is 32.2. The number of carbonyl (C=O) groups is 1. The van der Waals surface area contributed by atoms with Crippen LogP contribution in [0.25, 0.3) is 20.7 Å². The van der Waals surface area contributed by atoms with E-state index in [0.29, 0.717) is 39.1 Å². The van der Waals surface area contributed by atoms with E-state index in [9.17, 15) is 9.59 Å². The Labute approximate surface area is 204 Å². The van der Waals surface area contributed by atoms with Crippen molar-refractivity contribution >= 4 is 44.9 Å². The van der Waals surface area contributed by atoms with Crippen LogP contribution in [-0.2, 0) is 11.3 Å². The van der Waals surface area contributed by atoms with Crippen molar-refractivity contribution in [2.75, 3.05) is 12.1 Å². The van der Waals surface area contributed by atoms with Gasteiger partial charge in [0.2, 0.25) is 12.7 Å². The summed E-state index contributed by atoms with van der Waals surface area (Å²) in [5.74, 6) is 1.04. The van der Waals surface area contributed by atoms with Gasteiger partial charge in [-0.15, -0.1) is 17.9 Å². The van der Waals surface area contributed by atoms with E-state index in [2.05, 4.69) is 11.9 Å². The molecule has 0 aliphatic carbocycles. The van der Waals surface area contributed by atoms with E-state index < -0.39 is 5.25 Å². The van der Waals surface area contributed by atoms with Crippen molar-refractivity contribution in [2.24, 2.45) is 0 Å². The molecule has 1 aliphatic heterocycles. The molecule has 34 heavy (non-hydrogen) atoms. The number of fused-ring (bicyclic) bond motifs is 2. The van der Waals surface area contributed by atoms with Gasteiger partial charge in [-0.3, -0.25) is 14.2 Å². The number of thioether (sulfide) groups is 1. The van der Waals surface area contributed by atoms with E-state index in [0.717, 1.165) is 10.4 Å². The minimum atomic E-state index is -0.501. The summed E-state index contributed by atoms with van der Waals surface area (Å²) >= 11 is 2.70. The first kappa shape index (κ1) is 22.2. The lowest BCUT2D eigenvalue weighted by Crippen LogP contribution is -2.26. The van der Waals surface area contributed by atoms with Gasteiger partial charge in [-0.05, 0) is 30.7 Å². The van der Waals surface area contributed by atoms with Crippen molar-refractivity contribution in [2.45, 2.75) is 23.9 Å². The molecule has 172 valence electrons. The van der Waals surface area contributed by atoms with Gasteiger partial charge in [-0.2, -0.15) is 0 Å². The number of nitrogens with one attached hydrogen (secondary N) is 1. The lowest BCUT2D eigenvalue weighted by atomic mass is 10.2. The van der Waals surface area contributed by atoms with Crippen LogP contribution in [0.4, 0.5) is 5.69 Å². The highest BCUT2D eigenvalue weighted by Crippen LogP contribution is 2.35. The van der Waals surface area contributed by atoms with Crippen LogP contribution in [0.1, 0.15) is 6.92 Å². The van der Waals surface area contributed by atoms with Crippen LogP contribution in [0.5, 0.6) is 11.5 Å². The average Bonchev–Trinajstić information content (AvgIpc) is 3.49. The van der Waals surface area contributed by atoms with Gasteiger partial charge in [0.15, 0.2) is 16.7 Å². The van der Waals surface area contributed by atoms with E-state index in [4.69, 9.17) is 14.5 Å². The molecule has 7 nitrogen and oxygen atoms in total. The predicted octanol–water partition coefficient (Wildman–Crippen LogP) is 5.16. The first-order chi connectivity index (χ1) is 16.5. The number of carbonyl (C=O) groups excluding carboxylic acids is 1. The molecule has 4 aromatic rings. The Kier molecular flexibility index (Phi) is 6.12. The Bertz CT molecular complexity index is 1450. The van der Waals surface area contributed by atoms with Crippen molar-refractivity contribution in [1.82, 2.24) is 9.55 Å². The zero-order valence-electron chi connectivity index (χ0n) is 18.3. The van der Waals surface area contributed by atoms with E-state index in [1.165, 1.54) is 23.1 Å². The summed E-state index contributed by atoms with van der Waals surface area (Å²) < 4.78 is 12.2. The molecule has 1 atom stereocenters. The summed E-state index contributed by atoms with van der Waals surface area (Å²) in [4.78, 5) is 32.5. The van der Waals surface area contributed by atoms with Crippen LogP contribution in [0.2, 0.25) is 0 Å². The van der Waals surface area contributed by atoms with Crippen LogP contribution in [-0.4, -0.2) is 27.5 Å². The Morgan fingerprint density at radius 1 is 1.24 bits per heavy atom. The van der Waals surface area contributed by atoms with Crippen molar-refractivity contribution < 1.29 is 14.3 Å². The van der Waals surface area contributed by atoms with Crippen LogP contribution in [0.15, 0.2) is 77.2 Å². The molecular weight excluding hydrogens is 470 g/mol. The Morgan fingerprint density at radius 3 is 2.82 bits per heavy atom. The standard InChI is InChI=1S/C25H21N3O4S2/c1-3-11-28-24(30)18-13-21(16-7-5-4-6-8-16)34-23(18)27-25(28)33-15(2)22(29)26-17-9-10-19-20(12-17)32-14-31-19/h3-10,12-13,15H,1,11,14H2,2H3,(H,26,29). The number of ether oxygens (including phenoxy) is 2. The van der Waals surface area contributed by atoms with Crippen molar-refractivity contribution in [3.63, 3.8) is 0 Å². The van der Waals surface area contributed by atoms with E-state index in [1.54, 1.807) is 35.8 Å². The summed E-state index contributed by atoms with van der Waals surface area (Å²) in [5, 5.41) is 3.43. The van der Waals surface area contributed by atoms with Crippen molar-refractivity contribution in [1.29, 1.82) is 0 Å². The molecule has 9 heteroatoms. The fourth-order valence-corrected chi connectivity index (χ4v) is 5.55. The summed E-state index contributed by atoms with van der Waals surface area (Å²) in [7, 11) is 0. The number of allylic oxidation sites excluding steroid dienone is 1.